The fourth-order valence-corrected chi connectivity index (χ4v) is 10.1. The van der Waals surface area contributed by atoms with Crippen LogP contribution in [0.2, 0.25) is 15.1 Å². The topological polar surface area (TPSA) is 116 Å². The van der Waals surface area contributed by atoms with Gasteiger partial charge >= 0.3 is 0 Å². The number of benzene rings is 5. The number of hydrogen-bond acceptors (Lipinski definition) is 7. The Hall–Kier alpha value is -5.35. The van der Waals surface area contributed by atoms with Gasteiger partial charge in [-0.05, 0) is 84.3 Å². The van der Waals surface area contributed by atoms with Crippen molar-refractivity contribution >= 4 is 80.6 Å². The lowest BCUT2D eigenvalue weighted by molar-refractivity contribution is -0.138. The molecule has 2 saturated heterocycles. The number of nitrogens with one attached hydrogen (secondary N) is 1. The van der Waals surface area contributed by atoms with E-state index in [9.17, 15) is 14.7 Å². The second kappa shape index (κ2) is 13.2. The molecule has 3 fully saturated rings. The van der Waals surface area contributed by atoms with Crippen LogP contribution in [-0.2, 0) is 24.6 Å². The first kappa shape index (κ1) is 35.4. The Morgan fingerprint density at radius 2 is 1.53 bits per heavy atom. The van der Waals surface area contributed by atoms with Crippen molar-refractivity contribution in [2.45, 2.75) is 24.2 Å². The van der Waals surface area contributed by atoms with Crippen LogP contribution in [0.4, 0.5) is 11.4 Å². The Kier molecular flexibility index (Phi) is 8.45. The van der Waals surface area contributed by atoms with Gasteiger partial charge in [0.15, 0.2) is 0 Å². The molecule has 2 aliphatic carbocycles. The van der Waals surface area contributed by atoms with Crippen LogP contribution in [0.1, 0.15) is 29.9 Å². The highest BCUT2D eigenvalue weighted by molar-refractivity contribution is 6.36. The van der Waals surface area contributed by atoms with Crippen LogP contribution in [0.25, 0.3) is 10.8 Å². The molecule has 12 heteroatoms. The van der Waals surface area contributed by atoms with Crippen molar-refractivity contribution in [1.29, 1.82) is 0 Å². The van der Waals surface area contributed by atoms with Gasteiger partial charge in [0, 0.05) is 26.9 Å². The largest absolute Gasteiger partial charge is 0.507 e. The van der Waals surface area contributed by atoms with Crippen molar-refractivity contribution in [3.8, 4) is 11.5 Å². The standard InChI is InChI=1S/C43H32Cl3N3O6/c1-55-27-14-7-23(8-15-27)43-33(40(52)49(42(43)54)47-35-19-11-25(45)20-34(35)46)21-32-29(37(43)31-16-6-22-4-2-3-5-28(22)38(31)50)17-18-30-36(32)41(53)48(39(30)51)26-12-9-24(44)10-13-26/h2-17,19-20,30,32-33,36-37,47,50H,18,21H2,1H3. The number of ether oxygens (including phenoxy) is 1. The lowest BCUT2D eigenvalue weighted by Gasteiger charge is -2.50. The summed E-state index contributed by atoms with van der Waals surface area (Å²) < 4.78 is 5.49. The first-order valence-electron chi connectivity index (χ1n) is 17.8. The normalized spacial score (nSPS) is 25.8. The SMILES string of the molecule is COc1ccc(C23C(=O)N(Nc4ccc(Cl)cc4Cl)C(=O)C2CC2C(=CCC4C(=O)N(c5ccc(Cl)cc5)C(=O)C42)C3c2ccc3ccccc3c2O)cc1. The summed E-state index contributed by atoms with van der Waals surface area (Å²) in [5.41, 5.74) is 3.74. The number of imide groups is 2. The van der Waals surface area contributed by atoms with Gasteiger partial charge in [-0.25, -0.2) is 0 Å². The van der Waals surface area contributed by atoms with E-state index in [4.69, 9.17) is 39.5 Å². The summed E-state index contributed by atoms with van der Waals surface area (Å²) in [7, 11) is 1.54. The van der Waals surface area contributed by atoms with Crippen LogP contribution in [0.15, 0.2) is 115 Å². The summed E-state index contributed by atoms with van der Waals surface area (Å²) in [4.78, 5) is 60.5. The zero-order chi connectivity index (χ0) is 38.3. The number of amides is 4. The van der Waals surface area contributed by atoms with Crippen LogP contribution in [0, 0.1) is 23.7 Å². The van der Waals surface area contributed by atoms with Crippen LogP contribution in [0.5, 0.6) is 11.5 Å². The van der Waals surface area contributed by atoms with Crippen molar-refractivity contribution in [2.24, 2.45) is 23.7 Å². The molecule has 0 aromatic heterocycles. The molecule has 0 spiro atoms. The lowest BCUT2D eigenvalue weighted by Crippen LogP contribution is -2.53. The average molecular weight is 793 g/mol. The molecule has 4 amide bonds. The highest BCUT2D eigenvalue weighted by atomic mass is 35.5. The lowest BCUT2D eigenvalue weighted by atomic mass is 9.49. The summed E-state index contributed by atoms with van der Waals surface area (Å²) >= 11 is 18.9. The minimum Gasteiger partial charge on any atom is -0.507 e. The van der Waals surface area contributed by atoms with E-state index in [1.165, 1.54) is 11.0 Å². The Morgan fingerprint density at radius 1 is 0.800 bits per heavy atom. The summed E-state index contributed by atoms with van der Waals surface area (Å²) in [6, 6.07) is 29.3. The number of methoxy groups -OCH3 is 1. The Labute approximate surface area is 331 Å². The molecule has 276 valence electrons. The third kappa shape index (κ3) is 5.20. The van der Waals surface area contributed by atoms with E-state index >= 15 is 9.59 Å². The third-order valence-corrected chi connectivity index (χ3v) is 12.7. The Morgan fingerprint density at radius 3 is 2.25 bits per heavy atom. The van der Waals surface area contributed by atoms with E-state index in [-0.39, 0.29) is 41.1 Å². The van der Waals surface area contributed by atoms with Gasteiger partial charge in [0.1, 0.15) is 11.5 Å². The number of fused-ring (bicyclic) bond motifs is 5. The summed E-state index contributed by atoms with van der Waals surface area (Å²) in [6.07, 6.45) is 2.26. The van der Waals surface area contributed by atoms with Crippen LogP contribution in [0.3, 0.4) is 0 Å². The first-order chi connectivity index (χ1) is 26.5. The number of carbonyl (C=O) groups excluding carboxylic acids is 4. The fraction of sp³-hybridized carbons (Fsp3) is 0.209. The molecular weight excluding hydrogens is 761 g/mol. The monoisotopic (exact) mass is 791 g/mol. The van der Waals surface area contributed by atoms with Crippen LogP contribution in [-0.4, -0.2) is 40.9 Å². The van der Waals surface area contributed by atoms with Crippen molar-refractivity contribution in [2.75, 3.05) is 17.4 Å². The molecular formula is C43H32Cl3N3O6. The maximum Gasteiger partial charge on any atom is 0.260 e. The number of hydrogen-bond donors (Lipinski definition) is 2. The smallest absolute Gasteiger partial charge is 0.260 e. The predicted molar refractivity (Wildman–Crippen MR) is 210 cm³/mol. The Bertz CT molecular complexity index is 2490. The Balaban J connectivity index is 1.27. The summed E-state index contributed by atoms with van der Waals surface area (Å²) in [5.74, 6) is -5.43. The zero-order valence-electron chi connectivity index (χ0n) is 29.2. The molecule has 0 radical (unpaired) electrons. The molecule has 5 aromatic carbocycles. The van der Waals surface area contributed by atoms with E-state index in [1.54, 1.807) is 79.9 Å². The minimum absolute atomic E-state index is 0.0394. The molecule has 4 aliphatic rings. The van der Waals surface area contributed by atoms with Crippen molar-refractivity contribution in [1.82, 2.24) is 5.01 Å². The molecule has 9 nitrogen and oxygen atoms in total. The van der Waals surface area contributed by atoms with Crippen LogP contribution >= 0.6 is 34.8 Å². The number of anilines is 2. The number of phenolic OH excluding ortho intramolecular Hbond substituents is 1. The van der Waals surface area contributed by atoms with E-state index in [0.29, 0.717) is 43.6 Å². The summed E-state index contributed by atoms with van der Waals surface area (Å²) in [6.45, 7) is 0. The molecule has 6 atom stereocenters. The third-order valence-electron chi connectivity index (χ3n) is 11.9. The number of aromatic hydroxyl groups is 1. The molecule has 6 unspecified atom stereocenters. The molecule has 5 aromatic rings. The van der Waals surface area contributed by atoms with Gasteiger partial charge in [-0.3, -0.25) is 29.5 Å². The predicted octanol–water partition coefficient (Wildman–Crippen LogP) is 8.70. The second-order valence-corrected chi connectivity index (χ2v) is 15.7. The second-order valence-electron chi connectivity index (χ2n) is 14.4. The average Bonchev–Trinajstić information content (AvgIpc) is 3.57. The zero-order valence-corrected chi connectivity index (χ0v) is 31.5. The first-order valence-corrected chi connectivity index (χ1v) is 19.0. The van der Waals surface area contributed by atoms with E-state index in [2.05, 4.69) is 5.43 Å². The van der Waals surface area contributed by atoms with Gasteiger partial charge in [0.05, 0.1) is 46.7 Å². The molecule has 55 heavy (non-hydrogen) atoms. The number of hydrazine groups is 1. The number of halogens is 3. The molecule has 0 bridgehead atoms. The molecule has 2 aliphatic heterocycles. The van der Waals surface area contributed by atoms with Gasteiger partial charge in [0.2, 0.25) is 11.8 Å². The van der Waals surface area contributed by atoms with Crippen LogP contribution < -0.4 is 15.1 Å². The molecule has 2 heterocycles. The van der Waals surface area contributed by atoms with E-state index in [0.717, 1.165) is 10.4 Å². The van der Waals surface area contributed by atoms with Gasteiger partial charge < -0.3 is 9.84 Å². The number of phenols is 1. The van der Waals surface area contributed by atoms with E-state index in [1.807, 2.05) is 30.3 Å². The molecule has 9 rings (SSSR count). The number of carbonyl (C=O) groups is 4. The maximum atomic E-state index is 15.5. The van der Waals surface area contributed by atoms with E-state index < -0.39 is 46.8 Å². The van der Waals surface area contributed by atoms with Crippen molar-refractivity contribution in [3.05, 3.63) is 141 Å². The maximum absolute atomic E-state index is 15.5. The van der Waals surface area contributed by atoms with Gasteiger partial charge in [-0.15, -0.1) is 0 Å². The molecule has 1 saturated carbocycles. The highest BCUT2D eigenvalue weighted by Crippen LogP contribution is 2.65. The molecule has 2 N–H and O–H groups in total. The number of nitrogens with zero attached hydrogens (tertiary/aromatic N) is 2. The van der Waals surface area contributed by atoms with Gasteiger partial charge in [-0.1, -0.05) is 95.0 Å². The quantitative estimate of drug-likeness (QED) is 0.131. The van der Waals surface area contributed by atoms with Crippen molar-refractivity contribution in [3.63, 3.8) is 0 Å². The fourth-order valence-electron chi connectivity index (χ4n) is 9.54. The highest BCUT2D eigenvalue weighted by Gasteiger charge is 2.70. The van der Waals surface area contributed by atoms with Gasteiger partial charge in [0.25, 0.3) is 11.8 Å². The van der Waals surface area contributed by atoms with Gasteiger partial charge in [-0.2, -0.15) is 5.01 Å². The number of allylic oxidation sites excluding steroid dienone is 2. The summed E-state index contributed by atoms with van der Waals surface area (Å²) in [5, 5.41) is 15.6. The number of rotatable bonds is 6. The minimum atomic E-state index is -1.62. The van der Waals surface area contributed by atoms with Crippen molar-refractivity contribution < 1.29 is 29.0 Å².